The van der Waals surface area contributed by atoms with Crippen LogP contribution in [0.3, 0.4) is 0 Å². The molecule has 1 aromatic heterocycles. The second-order valence-electron chi connectivity index (χ2n) is 4.23. The molecule has 0 saturated carbocycles. The number of rotatable bonds is 4. The molecule has 2 heterocycles. The maximum Gasteiger partial charge on any atom is 0.262 e. The zero-order chi connectivity index (χ0) is 14.5. The topological polar surface area (TPSA) is 102 Å². The van der Waals surface area contributed by atoms with Crippen molar-refractivity contribution < 1.29 is 19.1 Å². The van der Waals surface area contributed by atoms with E-state index in [4.69, 9.17) is 9.47 Å². The maximum atomic E-state index is 12.3. The van der Waals surface area contributed by atoms with E-state index in [2.05, 4.69) is 20.6 Å². The van der Waals surface area contributed by atoms with E-state index in [0.717, 1.165) is 6.42 Å². The average molecular weight is 280 g/mol. The average Bonchev–Trinajstić information content (AvgIpc) is 2.48. The molecule has 1 aliphatic heterocycles. The van der Waals surface area contributed by atoms with Crippen molar-refractivity contribution in [2.24, 2.45) is 0 Å². The molecule has 0 aliphatic carbocycles. The molecular formula is C12H16N4O4. The van der Waals surface area contributed by atoms with Crippen molar-refractivity contribution in [1.29, 1.82) is 0 Å². The minimum absolute atomic E-state index is 0.0795. The molecule has 0 aromatic carbocycles. The highest BCUT2D eigenvalue weighted by Crippen LogP contribution is 2.23. The van der Waals surface area contributed by atoms with Crippen molar-refractivity contribution in [1.82, 2.24) is 20.6 Å². The van der Waals surface area contributed by atoms with Crippen molar-refractivity contribution in [2.45, 2.75) is 18.9 Å². The van der Waals surface area contributed by atoms with Gasteiger partial charge in [0.15, 0.2) is 5.56 Å². The zero-order valence-electron chi connectivity index (χ0n) is 11.3. The van der Waals surface area contributed by atoms with Crippen molar-refractivity contribution in [2.75, 3.05) is 20.8 Å². The SMILES string of the molecule is COc1ncnc(OC)c1C(=O)N[C@H]1CCCNC1=O. The first-order valence-electron chi connectivity index (χ1n) is 6.19. The molecule has 8 heteroatoms. The van der Waals surface area contributed by atoms with Crippen LogP contribution >= 0.6 is 0 Å². The van der Waals surface area contributed by atoms with E-state index in [1.54, 1.807) is 0 Å². The lowest BCUT2D eigenvalue weighted by Gasteiger charge is -2.23. The largest absolute Gasteiger partial charge is 0.480 e. The highest BCUT2D eigenvalue weighted by Gasteiger charge is 2.28. The number of ether oxygens (including phenoxy) is 2. The zero-order valence-corrected chi connectivity index (χ0v) is 11.3. The highest BCUT2D eigenvalue weighted by molar-refractivity contribution is 6.01. The Labute approximate surface area is 115 Å². The number of amides is 2. The van der Waals surface area contributed by atoms with Gasteiger partial charge in [-0.2, -0.15) is 0 Å². The van der Waals surface area contributed by atoms with Crippen molar-refractivity contribution in [3.8, 4) is 11.8 Å². The molecule has 1 aromatic rings. The number of aromatic nitrogens is 2. The molecule has 1 fully saturated rings. The van der Waals surface area contributed by atoms with Gasteiger partial charge in [0.25, 0.3) is 5.91 Å². The minimum atomic E-state index is -0.564. The lowest BCUT2D eigenvalue weighted by molar-refractivity contribution is -0.124. The molecule has 20 heavy (non-hydrogen) atoms. The molecule has 108 valence electrons. The van der Waals surface area contributed by atoms with Crippen molar-refractivity contribution in [3.63, 3.8) is 0 Å². The van der Waals surface area contributed by atoms with Gasteiger partial charge in [0.2, 0.25) is 17.7 Å². The van der Waals surface area contributed by atoms with Crippen LogP contribution in [-0.2, 0) is 4.79 Å². The quantitative estimate of drug-likeness (QED) is 0.771. The minimum Gasteiger partial charge on any atom is -0.480 e. The number of piperidine rings is 1. The fourth-order valence-corrected chi connectivity index (χ4v) is 2.00. The Kier molecular flexibility index (Phi) is 4.34. The van der Waals surface area contributed by atoms with Crippen molar-refractivity contribution >= 4 is 11.8 Å². The first-order chi connectivity index (χ1) is 9.67. The summed E-state index contributed by atoms with van der Waals surface area (Å²) in [7, 11) is 2.79. The smallest absolute Gasteiger partial charge is 0.262 e. The first kappa shape index (κ1) is 14.0. The monoisotopic (exact) mass is 280 g/mol. The van der Waals surface area contributed by atoms with E-state index in [9.17, 15) is 9.59 Å². The van der Waals surface area contributed by atoms with Crippen LogP contribution in [0.25, 0.3) is 0 Å². The van der Waals surface area contributed by atoms with Crippen LogP contribution in [0.15, 0.2) is 6.33 Å². The van der Waals surface area contributed by atoms with E-state index in [1.165, 1.54) is 20.5 Å². The highest BCUT2D eigenvalue weighted by atomic mass is 16.5. The van der Waals surface area contributed by atoms with Crippen LogP contribution in [0.4, 0.5) is 0 Å². The van der Waals surface area contributed by atoms with Gasteiger partial charge in [-0.1, -0.05) is 0 Å². The molecule has 0 radical (unpaired) electrons. The number of nitrogens with zero attached hydrogens (tertiary/aromatic N) is 2. The van der Waals surface area contributed by atoms with Gasteiger partial charge in [-0.15, -0.1) is 0 Å². The van der Waals surface area contributed by atoms with Crippen LogP contribution in [0.1, 0.15) is 23.2 Å². The van der Waals surface area contributed by atoms with Gasteiger partial charge in [0.1, 0.15) is 12.4 Å². The Balaban J connectivity index is 2.22. The van der Waals surface area contributed by atoms with Gasteiger partial charge in [-0.25, -0.2) is 9.97 Å². The van der Waals surface area contributed by atoms with Crippen LogP contribution in [0.5, 0.6) is 11.8 Å². The molecule has 1 aliphatic rings. The van der Waals surface area contributed by atoms with Gasteiger partial charge in [0.05, 0.1) is 14.2 Å². The summed E-state index contributed by atoms with van der Waals surface area (Å²) in [6, 6.07) is -0.564. The molecule has 2 rings (SSSR count). The van der Waals surface area contributed by atoms with Gasteiger partial charge in [-0.05, 0) is 12.8 Å². The molecule has 0 unspecified atom stereocenters. The third-order valence-electron chi connectivity index (χ3n) is 2.98. The van der Waals surface area contributed by atoms with E-state index in [1.807, 2.05) is 0 Å². The second-order valence-corrected chi connectivity index (χ2v) is 4.23. The third kappa shape index (κ3) is 2.79. The fraction of sp³-hybridized carbons (Fsp3) is 0.500. The summed E-state index contributed by atoms with van der Waals surface area (Å²) >= 11 is 0. The number of methoxy groups -OCH3 is 2. The molecule has 2 amide bonds. The number of hydrogen-bond donors (Lipinski definition) is 2. The number of nitrogens with one attached hydrogen (secondary N) is 2. The fourth-order valence-electron chi connectivity index (χ4n) is 2.00. The first-order valence-corrected chi connectivity index (χ1v) is 6.19. The molecule has 1 atom stereocenters. The summed E-state index contributed by atoms with van der Waals surface area (Å²) < 4.78 is 10.1. The summed E-state index contributed by atoms with van der Waals surface area (Å²) in [4.78, 5) is 31.7. The Morgan fingerprint density at radius 1 is 1.35 bits per heavy atom. The normalized spacial score (nSPS) is 18.1. The second kappa shape index (κ2) is 6.18. The van der Waals surface area contributed by atoms with Crippen LogP contribution in [-0.4, -0.2) is 48.6 Å². The van der Waals surface area contributed by atoms with E-state index in [0.29, 0.717) is 13.0 Å². The van der Waals surface area contributed by atoms with Gasteiger partial charge in [0, 0.05) is 6.54 Å². The summed E-state index contributed by atoms with van der Waals surface area (Å²) in [6.07, 6.45) is 2.65. The Hall–Kier alpha value is -2.38. The van der Waals surface area contributed by atoms with E-state index < -0.39 is 11.9 Å². The third-order valence-corrected chi connectivity index (χ3v) is 2.98. The number of carbonyl (C=O) groups is 2. The lowest BCUT2D eigenvalue weighted by Crippen LogP contribution is -2.50. The predicted octanol–water partition coefficient (Wildman–Crippen LogP) is -0.498. The molecule has 8 nitrogen and oxygen atoms in total. The Morgan fingerprint density at radius 2 is 2.00 bits per heavy atom. The molecule has 0 spiro atoms. The lowest BCUT2D eigenvalue weighted by atomic mass is 10.1. The molecular weight excluding hydrogens is 264 g/mol. The number of hydrogen-bond acceptors (Lipinski definition) is 6. The predicted molar refractivity (Wildman–Crippen MR) is 68.6 cm³/mol. The van der Waals surface area contributed by atoms with E-state index >= 15 is 0 Å². The number of carbonyl (C=O) groups excluding carboxylic acids is 2. The van der Waals surface area contributed by atoms with Crippen LogP contribution < -0.4 is 20.1 Å². The Bertz CT molecular complexity index is 498. The van der Waals surface area contributed by atoms with Gasteiger partial charge >= 0.3 is 0 Å². The molecule has 0 bridgehead atoms. The van der Waals surface area contributed by atoms with Crippen LogP contribution in [0, 0.1) is 0 Å². The van der Waals surface area contributed by atoms with E-state index in [-0.39, 0.29) is 23.2 Å². The summed E-state index contributed by atoms with van der Waals surface area (Å²) in [5.41, 5.74) is 0.0795. The van der Waals surface area contributed by atoms with Crippen molar-refractivity contribution in [3.05, 3.63) is 11.9 Å². The van der Waals surface area contributed by atoms with Gasteiger partial charge < -0.3 is 20.1 Å². The maximum absolute atomic E-state index is 12.3. The molecule has 1 saturated heterocycles. The summed E-state index contributed by atoms with van der Waals surface area (Å²) in [5.74, 6) is -0.489. The Morgan fingerprint density at radius 3 is 2.55 bits per heavy atom. The van der Waals surface area contributed by atoms with Gasteiger partial charge in [-0.3, -0.25) is 9.59 Å². The standard InChI is InChI=1S/C12H16N4O4/c1-19-11-8(12(20-2)15-6-14-11)10(18)16-7-4-3-5-13-9(7)17/h6-7H,3-5H2,1-2H3,(H,13,17)(H,16,18)/t7-/m0/s1. The summed E-state index contributed by atoms with van der Waals surface area (Å²) in [5, 5.41) is 5.34. The summed E-state index contributed by atoms with van der Waals surface area (Å²) in [6.45, 7) is 0.631. The molecule has 2 N–H and O–H groups in total. The van der Waals surface area contributed by atoms with Crippen LogP contribution in [0.2, 0.25) is 0 Å².